The monoisotopic (exact) mass is 326 g/mol. The van der Waals surface area contributed by atoms with Crippen molar-refractivity contribution in [3.8, 4) is 0 Å². The normalized spacial score (nSPS) is 12.0. The molecule has 0 aliphatic carbocycles. The fraction of sp³-hybridized carbons (Fsp3) is 0.455. The predicted octanol–water partition coefficient (Wildman–Crippen LogP) is 3.65. The summed E-state index contributed by atoms with van der Waals surface area (Å²) in [5.41, 5.74) is 12.6. The van der Waals surface area contributed by atoms with E-state index in [0.717, 1.165) is 40.9 Å². The second-order valence-electron chi connectivity index (χ2n) is 3.56. The smallest absolute Gasteiger partial charge is 0.0410 e. The number of hydrogen-bond donors (Lipinski definition) is 2. The Morgan fingerprint density at radius 3 is 2.62 bits per heavy atom. The van der Waals surface area contributed by atoms with E-state index in [9.17, 15) is 0 Å². The van der Waals surface area contributed by atoms with Crippen molar-refractivity contribution < 1.29 is 0 Å². The minimum Gasteiger partial charge on any atom is -0.330 e. The Balaban J connectivity index is 0.00000225. The standard InChI is InChI=1S/C11H16BrClN2.ClH/c12-10-5-4-8(13)7-9(10)11(15)3-1-2-6-14;/h4-5,7,11H,1-3,6,14-15H2;1H/t11-;/m1./s1. The molecular weight excluding hydrogens is 311 g/mol. The molecule has 0 unspecified atom stereocenters. The number of nitrogens with two attached hydrogens (primary N) is 2. The summed E-state index contributed by atoms with van der Waals surface area (Å²) in [5, 5.41) is 0.725. The van der Waals surface area contributed by atoms with Crippen molar-refractivity contribution in [3.05, 3.63) is 33.3 Å². The van der Waals surface area contributed by atoms with Crippen LogP contribution in [0.3, 0.4) is 0 Å². The molecule has 0 saturated carbocycles. The zero-order valence-electron chi connectivity index (χ0n) is 8.96. The molecule has 0 fully saturated rings. The third-order valence-electron chi connectivity index (χ3n) is 2.33. The molecule has 0 aliphatic rings. The lowest BCUT2D eigenvalue weighted by Gasteiger charge is -2.13. The first-order valence-corrected chi connectivity index (χ1v) is 6.23. The predicted molar refractivity (Wildman–Crippen MR) is 76.2 cm³/mol. The first-order valence-electron chi connectivity index (χ1n) is 5.05. The van der Waals surface area contributed by atoms with Crippen molar-refractivity contribution in [3.63, 3.8) is 0 Å². The van der Waals surface area contributed by atoms with Crippen LogP contribution < -0.4 is 11.5 Å². The van der Waals surface area contributed by atoms with Crippen LogP contribution in [0.1, 0.15) is 30.9 Å². The Kier molecular flexibility index (Phi) is 8.42. The minimum absolute atomic E-state index is 0. The van der Waals surface area contributed by atoms with Crippen LogP contribution >= 0.6 is 39.9 Å². The molecule has 1 aromatic carbocycles. The van der Waals surface area contributed by atoms with Crippen molar-refractivity contribution in [2.45, 2.75) is 25.3 Å². The SMILES string of the molecule is Cl.NCCCC[C@@H](N)c1cc(Cl)ccc1Br. The zero-order chi connectivity index (χ0) is 11.3. The van der Waals surface area contributed by atoms with E-state index in [1.165, 1.54) is 0 Å². The second-order valence-corrected chi connectivity index (χ2v) is 4.85. The quantitative estimate of drug-likeness (QED) is 0.811. The van der Waals surface area contributed by atoms with Crippen LogP contribution in [0.2, 0.25) is 5.02 Å². The molecule has 0 radical (unpaired) electrons. The molecule has 1 rings (SSSR count). The average molecular weight is 328 g/mol. The van der Waals surface area contributed by atoms with Crippen LogP contribution in [0.15, 0.2) is 22.7 Å². The molecule has 0 aliphatic heterocycles. The molecule has 0 spiro atoms. The lowest BCUT2D eigenvalue weighted by atomic mass is 10.0. The Bertz CT molecular complexity index is 321. The number of unbranched alkanes of at least 4 members (excludes halogenated alkanes) is 1. The van der Waals surface area contributed by atoms with E-state index >= 15 is 0 Å². The van der Waals surface area contributed by atoms with Gasteiger partial charge in [-0.2, -0.15) is 0 Å². The summed E-state index contributed by atoms with van der Waals surface area (Å²) in [7, 11) is 0. The topological polar surface area (TPSA) is 52.0 Å². The van der Waals surface area contributed by atoms with Gasteiger partial charge in [-0.1, -0.05) is 34.0 Å². The largest absolute Gasteiger partial charge is 0.330 e. The summed E-state index contributed by atoms with van der Waals surface area (Å²) in [5.74, 6) is 0. The van der Waals surface area contributed by atoms with Gasteiger partial charge in [-0.25, -0.2) is 0 Å². The fourth-order valence-electron chi connectivity index (χ4n) is 1.46. The third-order valence-corrected chi connectivity index (χ3v) is 3.28. The van der Waals surface area contributed by atoms with Gasteiger partial charge in [0.05, 0.1) is 0 Å². The molecule has 4 N–H and O–H groups in total. The first kappa shape index (κ1) is 16.2. The highest BCUT2D eigenvalue weighted by Crippen LogP contribution is 2.27. The summed E-state index contributed by atoms with van der Waals surface area (Å²) < 4.78 is 1.02. The maximum absolute atomic E-state index is 6.08. The Morgan fingerprint density at radius 1 is 1.31 bits per heavy atom. The zero-order valence-corrected chi connectivity index (χ0v) is 12.1. The molecule has 0 heterocycles. The summed E-state index contributed by atoms with van der Waals surface area (Å²) in [6, 6.07) is 5.73. The van der Waals surface area contributed by atoms with Gasteiger partial charge in [-0.15, -0.1) is 12.4 Å². The van der Waals surface area contributed by atoms with E-state index in [-0.39, 0.29) is 18.4 Å². The molecule has 2 nitrogen and oxygen atoms in total. The maximum atomic E-state index is 6.08. The van der Waals surface area contributed by atoms with Gasteiger partial charge in [0, 0.05) is 15.5 Å². The first-order chi connectivity index (χ1) is 7.15. The van der Waals surface area contributed by atoms with Gasteiger partial charge in [0.1, 0.15) is 0 Å². The van der Waals surface area contributed by atoms with Gasteiger partial charge in [0.15, 0.2) is 0 Å². The average Bonchev–Trinajstić information content (AvgIpc) is 2.22. The summed E-state index contributed by atoms with van der Waals surface area (Å²) in [6.45, 7) is 0.726. The van der Waals surface area contributed by atoms with Crippen molar-refractivity contribution in [1.82, 2.24) is 0 Å². The number of halogens is 3. The van der Waals surface area contributed by atoms with E-state index in [4.69, 9.17) is 23.1 Å². The third kappa shape index (κ3) is 5.02. The Morgan fingerprint density at radius 2 is 2.00 bits per heavy atom. The molecule has 92 valence electrons. The van der Waals surface area contributed by atoms with Crippen LogP contribution in [0.25, 0.3) is 0 Å². The molecule has 0 bridgehead atoms. The minimum atomic E-state index is 0. The molecule has 5 heteroatoms. The Labute approximate surface area is 116 Å². The van der Waals surface area contributed by atoms with Crippen LogP contribution in [-0.4, -0.2) is 6.54 Å². The van der Waals surface area contributed by atoms with Crippen LogP contribution in [0.5, 0.6) is 0 Å². The van der Waals surface area contributed by atoms with Gasteiger partial charge in [0.2, 0.25) is 0 Å². The van der Waals surface area contributed by atoms with E-state index in [1.54, 1.807) is 0 Å². The number of benzene rings is 1. The molecular formula is C11H17BrCl2N2. The Hall–Kier alpha value is 0.200. The van der Waals surface area contributed by atoms with Crippen LogP contribution in [-0.2, 0) is 0 Å². The fourth-order valence-corrected chi connectivity index (χ4v) is 2.18. The highest BCUT2D eigenvalue weighted by molar-refractivity contribution is 9.10. The van der Waals surface area contributed by atoms with Crippen molar-refractivity contribution in [2.75, 3.05) is 6.54 Å². The van der Waals surface area contributed by atoms with E-state index < -0.39 is 0 Å². The van der Waals surface area contributed by atoms with E-state index in [2.05, 4.69) is 15.9 Å². The maximum Gasteiger partial charge on any atom is 0.0410 e. The van der Waals surface area contributed by atoms with Crippen LogP contribution in [0, 0.1) is 0 Å². The lowest BCUT2D eigenvalue weighted by molar-refractivity contribution is 0.589. The van der Waals surface area contributed by atoms with Crippen molar-refractivity contribution in [2.24, 2.45) is 11.5 Å². The van der Waals surface area contributed by atoms with E-state index in [1.807, 2.05) is 18.2 Å². The molecule has 1 aromatic rings. The van der Waals surface area contributed by atoms with Crippen LogP contribution in [0.4, 0.5) is 0 Å². The second kappa shape index (κ2) is 8.31. The van der Waals surface area contributed by atoms with Gasteiger partial charge < -0.3 is 11.5 Å². The molecule has 0 saturated heterocycles. The van der Waals surface area contributed by atoms with Crippen molar-refractivity contribution in [1.29, 1.82) is 0 Å². The molecule has 0 aromatic heterocycles. The summed E-state index contributed by atoms with van der Waals surface area (Å²) in [6.07, 6.45) is 3.01. The highest BCUT2D eigenvalue weighted by atomic mass is 79.9. The summed E-state index contributed by atoms with van der Waals surface area (Å²) >= 11 is 9.40. The molecule has 0 amide bonds. The van der Waals surface area contributed by atoms with Crippen molar-refractivity contribution >= 4 is 39.9 Å². The number of hydrogen-bond acceptors (Lipinski definition) is 2. The number of rotatable bonds is 5. The summed E-state index contributed by atoms with van der Waals surface area (Å²) in [4.78, 5) is 0. The van der Waals surface area contributed by atoms with Gasteiger partial charge >= 0.3 is 0 Å². The van der Waals surface area contributed by atoms with Gasteiger partial charge in [-0.05, 0) is 43.1 Å². The molecule has 16 heavy (non-hydrogen) atoms. The van der Waals surface area contributed by atoms with E-state index in [0.29, 0.717) is 0 Å². The van der Waals surface area contributed by atoms with Gasteiger partial charge in [0.25, 0.3) is 0 Å². The lowest BCUT2D eigenvalue weighted by Crippen LogP contribution is -2.11. The molecule has 1 atom stereocenters. The highest BCUT2D eigenvalue weighted by Gasteiger charge is 2.09. The van der Waals surface area contributed by atoms with Gasteiger partial charge in [-0.3, -0.25) is 0 Å².